The van der Waals surface area contributed by atoms with Crippen LogP contribution in [0.4, 0.5) is 5.69 Å². The molecule has 1 aromatic heterocycles. The summed E-state index contributed by atoms with van der Waals surface area (Å²) in [7, 11) is 0. The number of hydrogen-bond acceptors (Lipinski definition) is 4. The van der Waals surface area contributed by atoms with Crippen LogP contribution in [0.25, 0.3) is 0 Å². The smallest absolute Gasteiger partial charge is 0.265 e. The molecule has 2 heterocycles. The van der Waals surface area contributed by atoms with E-state index in [0.717, 1.165) is 19.4 Å². The summed E-state index contributed by atoms with van der Waals surface area (Å²) >= 11 is 7.49. The Labute approximate surface area is 155 Å². The van der Waals surface area contributed by atoms with Gasteiger partial charge in [0, 0.05) is 12.2 Å². The number of rotatable bonds is 5. The van der Waals surface area contributed by atoms with E-state index in [1.807, 2.05) is 12.3 Å². The second-order valence-corrected chi connectivity index (χ2v) is 7.29. The van der Waals surface area contributed by atoms with Gasteiger partial charge in [0.15, 0.2) is 0 Å². The van der Waals surface area contributed by atoms with E-state index in [4.69, 9.17) is 16.3 Å². The predicted octanol–water partition coefficient (Wildman–Crippen LogP) is 3.95. The van der Waals surface area contributed by atoms with Crippen molar-refractivity contribution in [2.45, 2.75) is 31.9 Å². The minimum absolute atomic E-state index is 0.0502. The first-order valence-electron chi connectivity index (χ1n) is 8.11. The fourth-order valence-corrected chi connectivity index (χ4v) is 3.52. The van der Waals surface area contributed by atoms with E-state index >= 15 is 0 Å². The van der Waals surface area contributed by atoms with Gasteiger partial charge in [-0.15, -0.1) is 11.3 Å². The van der Waals surface area contributed by atoms with Crippen molar-refractivity contribution in [1.29, 1.82) is 0 Å². The average Bonchev–Trinajstić information content (AvgIpc) is 3.30. The number of carbonyl (C=O) groups excluding carboxylic acids is 2. The number of carbonyl (C=O) groups is 2. The molecule has 25 heavy (non-hydrogen) atoms. The third-order valence-corrected chi connectivity index (χ3v) is 5.30. The van der Waals surface area contributed by atoms with E-state index in [1.165, 1.54) is 11.3 Å². The predicted molar refractivity (Wildman–Crippen MR) is 99.6 cm³/mol. The molecule has 2 N–H and O–H groups in total. The zero-order valence-electron chi connectivity index (χ0n) is 13.8. The monoisotopic (exact) mass is 378 g/mol. The molecule has 7 heteroatoms. The van der Waals surface area contributed by atoms with Crippen LogP contribution >= 0.6 is 22.9 Å². The molecule has 1 aliphatic rings. The minimum Gasteiger partial charge on any atom is -0.376 e. The molecule has 1 saturated heterocycles. The number of thiophene rings is 1. The normalized spacial score (nSPS) is 17.9. The quantitative estimate of drug-likeness (QED) is 0.827. The molecule has 0 spiro atoms. The lowest BCUT2D eigenvalue weighted by molar-refractivity contribution is 0.0712. The molecule has 1 aromatic carbocycles. The minimum atomic E-state index is -0.248. The third kappa shape index (κ3) is 4.39. The topological polar surface area (TPSA) is 67.4 Å². The zero-order valence-corrected chi connectivity index (χ0v) is 15.3. The van der Waals surface area contributed by atoms with Gasteiger partial charge in [0.25, 0.3) is 11.8 Å². The maximum Gasteiger partial charge on any atom is 0.265 e. The van der Waals surface area contributed by atoms with Gasteiger partial charge in [-0.2, -0.15) is 0 Å². The van der Waals surface area contributed by atoms with Gasteiger partial charge >= 0.3 is 0 Å². The SMILES string of the molecule is CC(NC(=O)c1ccc(Cl)c(NC(=O)c2cccs2)c1)C1CCCO1. The van der Waals surface area contributed by atoms with Crippen molar-refractivity contribution in [2.24, 2.45) is 0 Å². The lowest BCUT2D eigenvalue weighted by atomic mass is 10.1. The maximum atomic E-state index is 12.5. The van der Waals surface area contributed by atoms with Crippen LogP contribution in [0.2, 0.25) is 5.02 Å². The summed E-state index contributed by atoms with van der Waals surface area (Å²) in [6.45, 7) is 2.67. The molecule has 1 aliphatic heterocycles. The molecule has 2 amide bonds. The zero-order chi connectivity index (χ0) is 17.8. The van der Waals surface area contributed by atoms with Gasteiger partial charge < -0.3 is 15.4 Å². The van der Waals surface area contributed by atoms with Gasteiger partial charge in [-0.25, -0.2) is 0 Å². The van der Waals surface area contributed by atoms with E-state index in [-0.39, 0.29) is 24.0 Å². The first kappa shape index (κ1) is 17.9. The van der Waals surface area contributed by atoms with E-state index in [1.54, 1.807) is 30.3 Å². The molecular formula is C18H19ClN2O3S. The van der Waals surface area contributed by atoms with Crippen LogP contribution in [0.15, 0.2) is 35.7 Å². The van der Waals surface area contributed by atoms with Crippen molar-refractivity contribution in [1.82, 2.24) is 5.32 Å². The van der Waals surface area contributed by atoms with E-state index in [0.29, 0.717) is 21.2 Å². The Balaban J connectivity index is 1.69. The van der Waals surface area contributed by atoms with Crippen LogP contribution in [-0.2, 0) is 4.74 Å². The Morgan fingerprint density at radius 2 is 2.16 bits per heavy atom. The summed E-state index contributed by atoms with van der Waals surface area (Å²) in [6.07, 6.45) is 2.02. The lowest BCUT2D eigenvalue weighted by Crippen LogP contribution is -2.40. The van der Waals surface area contributed by atoms with Crippen molar-refractivity contribution in [3.63, 3.8) is 0 Å². The summed E-state index contributed by atoms with van der Waals surface area (Å²) in [5.74, 6) is -0.464. The van der Waals surface area contributed by atoms with E-state index in [2.05, 4.69) is 10.6 Å². The van der Waals surface area contributed by atoms with Gasteiger partial charge in [0.05, 0.1) is 27.7 Å². The number of anilines is 1. The van der Waals surface area contributed by atoms with Crippen molar-refractivity contribution >= 4 is 40.4 Å². The molecule has 2 unspecified atom stereocenters. The molecule has 5 nitrogen and oxygen atoms in total. The molecule has 2 atom stereocenters. The van der Waals surface area contributed by atoms with Crippen LogP contribution in [0.5, 0.6) is 0 Å². The Morgan fingerprint density at radius 3 is 2.84 bits per heavy atom. The number of halogens is 1. The number of amides is 2. The highest BCUT2D eigenvalue weighted by molar-refractivity contribution is 7.12. The van der Waals surface area contributed by atoms with Gasteiger partial charge in [0.1, 0.15) is 0 Å². The molecule has 0 radical (unpaired) electrons. The molecule has 0 saturated carbocycles. The summed E-state index contributed by atoms with van der Waals surface area (Å²) in [6, 6.07) is 8.30. The van der Waals surface area contributed by atoms with Crippen molar-refractivity contribution in [3.05, 3.63) is 51.2 Å². The van der Waals surface area contributed by atoms with E-state index < -0.39 is 0 Å². The van der Waals surface area contributed by atoms with Gasteiger partial charge in [-0.05, 0) is 49.4 Å². The Bertz CT molecular complexity index is 758. The Hall–Kier alpha value is -1.89. The van der Waals surface area contributed by atoms with Crippen LogP contribution in [-0.4, -0.2) is 30.6 Å². The van der Waals surface area contributed by atoms with E-state index in [9.17, 15) is 9.59 Å². The molecule has 132 valence electrons. The van der Waals surface area contributed by atoms with Crippen molar-refractivity contribution in [2.75, 3.05) is 11.9 Å². The molecule has 3 rings (SSSR count). The summed E-state index contributed by atoms with van der Waals surface area (Å²) in [5.41, 5.74) is 0.855. The fraction of sp³-hybridized carbons (Fsp3) is 0.333. The van der Waals surface area contributed by atoms with Crippen LogP contribution in [0.3, 0.4) is 0 Å². The first-order valence-corrected chi connectivity index (χ1v) is 9.37. The second kappa shape index (κ2) is 7.99. The van der Waals surface area contributed by atoms with Crippen molar-refractivity contribution in [3.8, 4) is 0 Å². The fourth-order valence-electron chi connectivity index (χ4n) is 2.73. The number of benzene rings is 1. The molecule has 0 bridgehead atoms. The van der Waals surface area contributed by atoms with Crippen molar-refractivity contribution < 1.29 is 14.3 Å². The standard InChI is InChI=1S/C18H19ClN2O3S/c1-11(15-4-2-8-24-15)20-17(22)12-6-7-13(19)14(10-12)21-18(23)16-5-3-9-25-16/h3,5-7,9-11,15H,2,4,8H2,1H3,(H,20,22)(H,21,23). The highest BCUT2D eigenvalue weighted by atomic mass is 35.5. The molecular weight excluding hydrogens is 360 g/mol. The Morgan fingerprint density at radius 1 is 1.32 bits per heavy atom. The summed E-state index contributed by atoms with van der Waals surface area (Å²) in [4.78, 5) is 25.2. The maximum absolute atomic E-state index is 12.5. The average molecular weight is 379 g/mol. The Kier molecular flexibility index (Phi) is 5.73. The first-order chi connectivity index (χ1) is 12.0. The number of nitrogens with one attached hydrogen (secondary N) is 2. The van der Waals surface area contributed by atoms with Gasteiger partial charge in [-0.1, -0.05) is 17.7 Å². The summed E-state index contributed by atoms with van der Waals surface area (Å²) < 4.78 is 5.60. The molecule has 1 fully saturated rings. The third-order valence-electron chi connectivity index (χ3n) is 4.10. The molecule has 2 aromatic rings. The highest BCUT2D eigenvalue weighted by Crippen LogP contribution is 2.25. The summed E-state index contributed by atoms with van der Waals surface area (Å²) in [5, 5.41) is 7.91. The second-order valence-electron chi connectivity index (χ2n) is 5.94. The van der Waals surface area contributed by atoms with Gasteiger partial charge in [0.2, 0.25) is 0 Å². The van der Waals surface area contributed by atoms with Crippen LogP contribution < -0.4 is 10.6 Å². The van der Waals surface area contributed by atoms with Crippen LogP contribution in [0.1, 0.15) is 39.8 Å². The van der Waals surface area contributed by atoms with Crippen LogP contribution in [0, 0.1) is 0 Å². The highest BCUT2D eigenvalue weighted by Gasteiger charge is 2.24. The number of hydrogen-bond donors (Lipinski definition) is 2. The lowest BCUT2D eigenvalue weighted by Gasteiger charge is -2.20. The number of ether oxygens (including phenoxy) is 1. The van der Waals surface area contributed by atoms with Gasteiger partial charge in [-0.3, -0.25) is 9.59 Å². The molecule has 0 aliphatic carbocycles. The largest absolute Gasteiger partial charge is 0.376 e.